The zero-order valence-corrected chi connectivity index (χ0v) is 13.9. The van der Waals surface area contributed by atoms with Crippen LogP contribution in [0.4, 0.5) is 4.79 Å². The number of rotatable bonds is 4. The van der Waals surface area contributed by atoms with Crippen LogP contribution < -0.4 is 5.32 Å². The van der Waals surface area contributed by atoms with Crippen LogP contribution in [-0.2, 0) is 4.79 Å². The maximum absolute atomic E-state index is 12.0. The molecule has 2 amide bonds. The Balaban J connectivity index is 2.78. The fourth-order valence-corrected chi connectivity index (χ4v) is 2.17. The van der Waals surface area contributed by atoms with Gasteiger partial charge in [0, 0.05) is 19.0 Å². The van der Waals surface area contributed by atoms with Crippen molar-refractivity contribution in [3.8, 4) is 0 Å². The number of carbonyl (C=O) groups is 2. The van der Waals surface area contributed by atoms with E-state index in [1.54, 1.807) is 0 Å². The summed E-state index contributed by atoms with van der Waals surface area (Å²) in [4.78, 5) is 22.9. The van der Waals surface area contributed by atoms with Gasteiger partial charge in [0.2, 0.25) is 5.91 Å². The molecule has 1 heterocycles. The lowest BCUT2D eigenvalue weighted by molar-refractivity contribution is -0.129. The molecule has 0 aromatic carbocycles. The molecule has 1 unspecified atom stereocenters. The zero-order chi connectivity index (χ0) is 16.4. The maximum Gasteiger partial charge on any atom is 0.404 e. The Labute approximate surface area is 126 Å². The van der Waals surface area contributed by atoms with Gasteiger partial charge < -0.3 is 10.4 Å². The average molecular weight is 297 g/mol. The van der Waals surface area contributed by atoms with Crippen LogP contribution in [0.15, 0.2) is 5.10 Å². The third-order valence-electron chi connectivity index (χ3n) is 3.31. The second-order valence-corrected chi connectivity index (χ2v) is 7.93. The fourth-order valence-electron chi connectivity index (χ4n) is 2.17. The van der Waals surface area contributed by atoms with Crippen LogP contribution in [0, 0.1) is 10.8 Å². The van der Waals surface area contributed by atoms with E-state index < -0.39 is 6.09 Å². The molecule has 1 aliphatic heterocycles. The minimum absolute atomic E-state index is 0.0112. The average Bonchev–Trinajstić information content (AvgIpc) is 2.53. The minimum atomic E-state index is -1.05. The number of carbonyl (C=O) groups excluding carboxylic acids is 1. The number of nitrogens with zero attached hydrogens (tertiary/aromatic N) is 2. The molecule has 0 fully saturated rings. The molecular weight excluding hydrogens is 270 g/mol. The van der Waals surface area contributed by atoms with Crippen LogP contribution in [-0.4, -0.2) is 40.4 Å². The number of carboxylic acid groups (broad SMARTS) is 1. The lowest BCUT2D eigenvalue weighted by atomic mass is 9.83. The van der Waals surface area contributed by atoms with Crippen LogP contribution in [0.5, 0.6) is 0 Å². The van der Waals surface area contributed by atoms with Gasteiger partial charge in [0.1, 0.15) is 0 Å². The zero-order valence-electron chi connectivity index (χ0n) is 13.9. The highest BCUT2D eigenvalue weighted by atomic mass is 16.4. The highest BCUT2D eigenvalue weighted by Crippen LogP contribution is 2.26. The Bertz CT molecular complexity index is 444. The van der Waals surface area contributed by atoms with Gasteiger partial charge in [-0.25, -0.2) is 9.80 Å². The second-order valence-electron chi connectivity index (χ2n) is 7.93. The predicted molar refractivity (Wildman–Crippen MR) is 82.2 cm³/mol. The van der Waals surface area contributed by atoms with Gasteiger partial charge in [-0.2, -0.15) is 5.10 Å². The van der Waals surface area contributed by atoms with Gasteiger partial charge in [-0.05, 0) is 10.8 Å². The summed E-state index contributed by atoms with van der Waals surface area (Å²) in [5.41, 5.74) is 0.497. The minimum Gasteiger partial charge on any atom is -0.465 e. The Morgan fingerprint density at radius 3 is 2.33 bits per heavy atom. The van der Waals surface area contributed by atoms with Crippen molar-refractivity contribution in [3.05, 3.63) is 0 Å². The van der Waals surface area contributed by atoms with Crippen molar-refractivity contribution in [2.75, 3.05) is 6.54 Å². The summed E-state index contributed by atoms with van der Waals surface area (Å²) in [6.45, 7) is 12.6. The number of nitrogens with one attached hydrogen (secondary N) is 1. The standard InChI is InChI=1S/C15H27N3O3/c1-14(2,3)9-18-12(19)8-10(17-18)7-11(15(4,5)6)16-13(20)21/h11,16H,7-9H2,1-6H3,(H,20,21). The largest absolute Gasteiger partial charge is 0.465 e. The number of hydrazone groups is 1. The van der Waals surface area contributed by atoms with Crippen molar-refractivity contribution in [1.29, 1.82) is 0 Å². The molecule has 0 saturated heterocycles. The van der Waals surface area contributed by atoms with Gasteiger partial charge in [-0.1, -0.05) is 41.5 Å². The molecular formula is C15H27N3O3. The summed E-state index contributed by atoms with van der Waals surface area (Å²) in [6.07, 6.45) is -0.307. The van der Waals surface area contributed by atoms with E-state index in [1.165, 1.54) is 5.01 Å². The van der Waals surface area contributed by atoms with Gasteiger partial charge in [0.15, 0.2) is 0 Å². The van der Waals surface area contributed by atoms with E-state index in [-0.39, 0.29) is 29.2 Å². The summed E-state index contributed by atoms with van der Waals surface area (Å²) in [7, 11) is 0. The summed E-state index contributed by atoms with van der Waals surface area (Å²) in [6, 6.07) is -0.267. The van der Waals surface area contributed by atoms with Crippen LogP contribution in [0.3, 0.4) is 0 Å². The third kappa shape index (κ3) is 5.73. The molecule has 21 heavy (non-hydrogen) atoms. The lowest BCUT2D eigenvalue weighted by Crippen LogP contribution is -2.44. The van der Waals surface area contributed by atoms with Crippen molar-refractivity contribution < 1.29 is 14.7 Å². The molecule has 120 valence electrons. The van der Waals surface area contributed by atoms with Gasteiger partial charge in [-0.15, -0.1) is 0 Å². The Morgan fingerprint density at radius 1 is 1.33 bits per heavy atom. The highest BCUT2D eigenvalue weighted by Gasteiger charge is 2.32. The van der Waals surface area contributed by atoms with Gasteiger partial charge in [0.05, 0.1) is 12.1 Å². The Morgan fingerprint density at radius 2 is 1.90 bits per heavy atom. The van der Waals surface area contributed by atoms with Crippen molar-refractivity contribution >= 4 is 17.7 Å². The van der Waals surface area contributed by atoms with Gasteiger partial charge in [-0.3, -0.25) is 4.79 Å². The molecule has 0 spiro atoms. The monoisotopic (exact) mass is 297 g/mol. The Kier molecular flexibility index (Phi) is 5.02. The van der Waals surface area contributed by atoms with Crippen molar-refractivity contribution in [1.82, 2.24) is 10.3 Å². The van der Waals surface area contributed by atoms with Crippen LogP contribution in [0.2, 0.25) is 0 Å². The van der Waals surface area contributed by atoms with E-state index in [0.29, 0.717) is 13.0 Å². The first-order valence-electron chi connectivity index (χ1n) is 7.25. The molecule has 0 aliphatic carbocycles. The molecule has 0 aromatic rings. The SMILES string of the molecule is CC(C)(C)CN1N=C(CC(NC(=O)O)C(C)(C)C)CC1=O. The Hall–Kier alpha value is -1.59. The molecule has 1 atom stereocenters. The first-order chi connectivity index (χ1) is 9.38. The number of amides is 2. The number of hydrogen-bond donors (Lipinski definition) is 2. The molecule has 6 nitrogen and oxygen atoms in total. The number of hydrogen-bond acceptors (Lipinski definition) is 3. The van der Waals surface area contributed by atoms with E-state index in [1.807, 2.05) is 20.8 Å². The quantitative estimate of drug-likeness (QED) is 0.837. The van der Waals surface area contributed by atoms with Crippen molar-refractivity contribution in [3.63, 3.8) is 0 Å². The fraction of sp³-hybridized carbons (Fsp3) is 0.800. The van der Waals surface area contributed by atoms with Crippen LogP contribution >= 0.6 is 0 Å². The van der Waals surface area contributed by atoms with Gasteiger partial charge >= 0.3 is 6.09 Å². The molecule has 6 heteroatoms. The van der Waals surface area contributed by atoms with E-state index in [0.717, 1.165) is 5.71 Å². The molecule has 0 aromatic heterocycles. The third-order valence-corrected chi connectivity index (χ3v) is 3.31. The molecule has 1 aliphatic rings. The van der Waals surface area contributed by atoms with Crippen molar-refractivity contribution in [2.45, 2.75) is 60.4 Å². The predicted octanol–water partition coefficient (Wildman–Crippen LogP) is 2.69. The first-order valence-corrected chi connectivity index (χ1v) is 7.25. The first kappa shape index (κ1) is 17.5. The van der Waals surface area contributed by atoms with Gasteiger partial charge in [0.25, 0.3) is 0 Å². The molecule has 2 N–H and O–H groups in total. The normalized spacial score (nSPS) is 17.7. The molecule has 0 bridgehead atoms. The molecule has 1 rings (SSSR count). The topological polar surface area (TPSA) is 82.0 Å². The lowest BCUT2D eigenvalue weighted by Gasteiger charge is -2.30. The summed E-state index contributed by atoms with van der Waals surface area (Å²) in [5.74, 6) is -0.0112. The van der Waals surface area contributed by atoms with E-state index in [4.69, 9.17) is 5.11 Å². The summed E-state index contributed by atoms with van der Waals surface area (Å²) in [5, 5.41) is 17.4. The highest BCUT2D eigenvalue weighted by molar-refractivity contribution is 6.05. The summed E-state index contributed by atoms with van der Waals surface area (Å²) < 4.78 is 0. The van der Waals surface area contributed by atoms with Crippen molar-refractivity contribution in [2.24, 2.45) is 15.9 Å². The maximum atomic E-state index is 12.0. The summed E-state index contributed by atoms with van der Waals surface area (Å²) >= 11 is 0. The van der Waals surface area contributed by atoms with Crippen LogP contribution in [0.1, 0.15) is 54.4 Å². The van der Waals surface area contributed by atoms with E-state index in [9.17, 15) is 9.59 Å². The van der Waals surface area contributed by atoms with Crippen LogP contribution in [0.25, 0.3) is 0 Å². The van der Waals surface area contributed by atoms with E-state index >= 15 is 0 Å². The second kappa shape index (κ2) is 6.03. The van der Waals surface area contributed by atoms with E-state index in [2.05, 4.69) is 31.2 Å². The molecule has 0 radical (unpaired) electrons. The molecule has 0 saturated carbocycles. The smallest absolute Gasteiger partial charge is 0.404 e.